The molecule has 1 saturated carbocycles. The SMILES string of the molecule is COCCN1CCN(c2nc(C3CC3)c3c(c2C#N)CC(C)(C)OC3)CC1C(C)C. The third kappa shape index (κ3) is 4.21. The molecule has 2 aliphatic heterocycles. The van der Waals surface area contributed by atoms with Crippen LogP contribution >= 0.6 is 0 Å². The standard InChI is InChI=1S/C24H36N4O2/c1-16(2)21-14-28(9-8-27(21)10-11-29-5)23-19(13-25)18-12-24(3,4)30-15-20(18)22(26-23)17-6-7-17/h16-17,21H,6-12,14-15H2,1-5H3. The fraction of sp³-hybridized carbons (Fsp3) is 0.750. The summed E-state index contributed by atoms with van der Waals surface area (Å²) in [4.78, 5) is 10.1. The second-order valence-corrected chi connectivity index (χ2v) is 10.1. The zero-order valence-electron chi connectivity index (χ0n) is 19.2. The second kappa shape index (κ2) is 8.45. The highest BCUT2D eigenvalue weighted by Crippen LogP contribution is 2.45. The topological polar surface area (TPSA) is 61.6 Å². The van der Waals surface area contributed by atoms with Gasteiger partial charge in [0.1, 0.15) is 11.9 Å². The molecule has 3 heterocycles. The Balaban J connectivity index is 1.70. The summed E-state index contributed by atoms with van der Waals surface area (Å²) < 4.78 is 11.4. The van der Waals surface area contributed by atoms with E-state index in [9.17, 15) is 5.26 Å². The third-order valence-corrected chi connectivity index (χ3v) is 6.90. The van der Waals surface area contributed by atoms with Crippen LogP contribution in [0.4, 0.5) is 5.82 Å². The lowest BCUT2D eigenvalue weighted by molar-refractivity contribution is -0.0407. The Morgan fingerprint density at radius 2 is 2.03 bits per heavy atom. The van der Waals surface area contributed by atoms with Crippen molar-refractivity contribution < 1.29 is 9.47 Å². The van der Waals surface area contributed by atoms with Crippen LogP contribution in [0, 0.1) is 17.2 Å². The average Bonchev–Trinajstić information content (AvgIpc) is 3.55. The van der Waals surface area contributed by atoms with E-state index in [1.165, 1.54) is 29.7 Å². The summed E-state index contributed by atoms with van der Waals surface area (Å²) in [6.07, 6.45) is 3.18. The Kier molecular flexibility index (Phi) is 6.07. The number of hydrogen-bond donors (Lipinski definition) is 0. The van der Waals surface area contributed by atoms with Gasteiger partial charge in [-0.15, -0.1) is 0 Å². The fourth-order valence-electron chi connectivity index (χ4n) is 4.98. The molecule has 4 rings (SSSR count). The van der Waals surface area contributed by atoms with Gasteiger partial charge in [-0.05, 0) is 38.2 Å². The van der Waals surface area contributed by atoms with Gasteiger partial charge in [0.2, 0.25) is 0 Å². The second-order valence-electron chi connectivity index (χ2n) is 10.1. The van der Waals surface area contributed by atoms with Crippen molar-refractivity contribution in [2.75, 3.05) is 44.8 Å². The predicted molar refractivity (Wildman–Crippen MR) is 118 cm³/mol. The summed E-state index contributed by atoms with van der Waals surface area (Å²) >= 11 is 0. The van der Waals surface area contributed by atoms with Crippen LogP contribution in [-0.4, -0.2) is 61.4 Å². The van der Waals surface area contributed by atoms with Gasteiger partial charge in [0.15, 0.2) is 0 Å². The summed E-state index contributed by atoms with van der Waals surface area (Å²) in [6, 6.07) is 2.97. The van der Waals surface area contributed by atoms with E-state index in [-0.39, 0.29) is 5.60 Å². The van der Waals surface area contributed by atoms with Crippen LogP contribution in [0.2, 0.25) is 0 Å². The van der Waals surface area contributed by atoms with E-state index in [1.807, 2.05) is 0 Å². The minimum atomic E-state index is -0.239. The quantitative estimate of drug-likeness (QED) is 0.713. The summed E-state index contributed by atoms with van der Waals surface area (Å²) in [5, 5.41) is 10.2. The molecule has 2 fully saturated rings. The van der Waals surface area contributed by atoms with Crippen LogP contribution in [0.5, 0.6) is 0 Å². The maximum atomic E-state index is 10.2. The van der Waals surface area contributed by atoms with E-state index < -0.39 is 0 Å². The van der Waals surface area contributed by atoms with Crippen LogP contribution in [0.15, 0.2) is 0 Å². The first-order valence-corrected chi connectivity index (χ1v) is 11.4. The van der Waals surface area contributed by atoms with Crippen LogP contribution in [-0.2, 0) is 22.5 Å². The Morgan fingerprint density at radius 3 is 2.67 bits per heavy atom. The molecule has 0 spiro atoms. The van der Waals surface area contributed by atoms with Gasteiger partial charge in [-0.3, -0.25) is 4.90 Å². The highest BCUT2D eigenvalue weighted by Gasteiger charge is 2.38. The number of aromatic nitrogens is 1. The predicted octanol–water partition coefficient (Wildman–Crippen LogP) is 3.47. The molecule has 0 bridgehead atoms. The zero-order chi connectivity index (χ0) is 21.5. The number of hydrogen-bond acceptors (Lipinski definition) is 6. The molecule has 0 amide bonds. The monoisotopic (exact) mass is 412 g/mol. The molecule has 0 N–H and O–H groups in total. The minimum absolute atomic E-state index is 0.239. The van der Waals surface area contributed by atoms with Crippen molar-refractivity contribution in [1.82, 2.24) is 9.88 Å². The van der Waals surface area contributed by atoms with E-state index in [4.69, 9.17) is 14.5 Å². The largest absolute Gasteiger partial charge is 0.383 e. The van der Waals surface area contributed by atoms with E-state index in [0.717, 1.165) is 50.6 Å². The molecule has 1 aromatic heterocycles. The molecular weight excluding hydrogens is 376 g/mol. The van der Waals surface area contributed by atoms with Crippen molar-refractivity contribution in [2.24, 2.45) is 5.92 Å². The Morgan fingerprint density at radius 1 is 1.27 bits per heavy atom. The number of methoxy groups -OCH3 is 1. The molecule has 6 heteroatoms. The zero-order valence-corrected chi connectivity index (χ0v) is 19.2. The van der Waals surface area contributed by atoms with Gasteiger partial charge in [-0.25, -0.2) is 4.98 Å². The van der Waals surface area contributed by atoms with Crippen LogP contribution in [0.1, 0.15) is 68.8 Å². The first-order chi connectivity index (χ1) is 14.3. The highest BCUT2D eigenvalue weighted by atomic mass is 16.5. The first-order valence-electron chi connectivity index (χ1n) is 11.4. The van der Waals surface area contributed by atoms with E-state index in [1.54, 1.807) is 7.11 Å². The Hall–Kier alpha value is -1.68. The molecule has 3 aliphatic rings. The molecule has 1 aliphatic carbocycles. The summed E-state index contributed by atoms with van der Waals surface area (Å²) in [5.74, 6) is 1.98. The molecule has 30 heavy (non-hydrogen) atoms. The summed E-state index contributed by atoms with van der Waals surface area (Å²) in [5.41, 5.74) is 4.10. The lowest BCUT2D eigenvalue weighted by atomic mass is 9.87. The third-order valence-electron chi connectivity index (χ3n) is 6.90. The van der Waals surface area contributed by atoms with E-state index in [2.05, 4.69) is 43.6 Å². The smallest absolute Gasteiger partial charge is 0.147 e. The van der Waals surface area contributed by atoms with Crippen molar-refractivity contribution in [3.05, 3.63) is 22.4 Å². The van der Waals surface area contributed by atoms with Gasteiger partial charge in [0.25, 0.3) is 0 Å². The van der Waals surface area contributed by atoms with Crippen molar-refractivity contribution in [2.45, 2.75) is 71.1 Å². The molecule has 1 saturated heterocycles. The molecule has 6 nitrogen and oxygen atoms in total. The van der Waals surface area contributed by atoms with Crippen molar-refractivity contribution >= 4 is 5.82 Å². The Bertz CT molecular complexity index is 825. The van der Waals surface area contributed by atoms with Crippen molar-refractivity contribution in [1.29, 1.82) is 5.26 Å². The molecule has 0 aromatic carbocycles. The summed E-state index contributed by atoms with van der Waals surface area (Å²) in [7, 11) is 1.77. The van der Waals surface area contributed by atoms with Crippen molar-refractivity contribution in [3.63, 3.8) is 0 Å². The molecule has 1 unspecified atom stereocenters. The van der Waals surface area contributed by atoms with Gasteiger partial charge < -0.3 is 14.4 Å². The van der Waals surface area contributed by atoms with E-state index >= 15 is 0 Å². The summed E-state index contributed by atoms with van der Waals surface area (Å²) in [6.45, 7) is 13.9. The number of nitriles is 1. The average molecular weight is 413 g/mol. The van der Waals surface area contributed by atoms with Gasteiger partial charge in [-0.2, -0.15) is 5.26 Å². The number of nitrogens with zero attached hydrogens (tertiary/aromatic N) is 4. The van der Waals surface area contributed by atoms with Crippen LogP contribution in [0.3, 0.4) is 0 Å². The lowest BCUT2D eigenvalue weighted by Gasteiger charge is -2.44. The van der Waals surface area contributed by atoms with Gasteiger partial charge in [0, 0.05) is 57.2 Å². The number of ether oxygens (including phenoxy) is 2. The number of pyridine rings is 1. The number of fused-ring (bicyclic) bond motifs is 1. The maximum Gasteiger partial charge on any atom is 0.147 e. The van der Waals surface area contributed by atoms with Crippen LogP contribution in [0.25, 0.3) is 0 Å². The molecule has 164 valence electrons. The number of rotatable bonds is 6. The number of piperazine rings is 1. The van der Waals surface area contributed by atoms with E-state index in [0.29, 0.717) is 24.5 Å². The Labute approximate surface area is 181 Å². The molecular formula is C24H36N4O2. The highest BCUT2D eigenvalue weighted by molar-refractivity contribution is 5.62. The molecule has 1 aromatic rings. The van der Waals surface area contributed by atoms with Gasteiger partial charge >= 0.3 is 0 Å². The molecule has 0 radical (unpaired) electrons. The van der Waals surface area contributed by atoms with Gasteiger partial charge in [-0.1, -0.05) is 13.8 Å². The van der Waals surface area contributed by atoms with Crippen molar-refractivity contribution in [3.8, 4) is 6.07 Å². The lowest BCUT2D eigenvalue weighted by Crippen LogP contribution is -2.56. The van der Waals surface area contributed by atoms with Crippen LogP contribution < -0.4 is 4.90 Å². The normalized spacial score (nSPS) is 24.0. The maximum absolute atomic E-state index is 10.2. The first kappa shape index (κ1) is 21.5. The molecule has 1 atom stereocenters. The minimum Gasteiger partial charge on any atom is -0.383 e. The number of anilines is 1. The fourth-order valence-corrected chi connectivity index (χ4v) is 4.98. The van der Waals surface area contributed by atoms with Gasteiger partial charge in [0.05, 0.1) is 30.1 Å².